The molecule has 6 heteroatoms. The predicted molar refractivity (Wildman–Crippen MR) is 121 cm³/mol. The summed E-state index contributed by atoms with van der Waals surface area (Å²) in [4.78, 5) is 15.3. The van der Waals surface area contributed by atoms with Gasteiger partial charge in [-0.2, -0.15) is 0 Å². The molecule has 2 heterocycles. The van der Waals surface area contributed by atoms with Crippen molar-refractivity contribution in [3.05, 3.63) is 59.7 Å². The monoisotopic (exact) mass is 435 g/mol. The number of fused-ring (bicyclic) bond motifs is 2. The highest BCUT2D eigenvalue weighted by molar-refractivity contribution is 5.92. The van der Waals surface area contributed by atoms with E-state index in [1.165, 1.54) is 0 Å². The first-order valence-corrected chi connectivity index (χ1v) is 11.3. The van der Waals surface area contributed by atoms with E-state index in [0.717, 1.165) is 48.3 Å². The van der Waals surface area contributed by atoms with Crippen LogP contribution in [0, 0.1) is 5.92 Å². The minimum atomic E-state index is -0.708. The van der Waals surface area contributed by atoms with E-state index >= 15 is 0 Å². The number of piperidine rings is 1. The van der Waals surface area contributed by atoms with Crippen LogP contribution in [0.1, 0.15) is 49.3 Å². The Morgan fingerprint density at radius 2 is 1.94 bits per heavy atom. The fraction of sp³-hybridized carbons (Fsp3) is 0.423. The average molecular weight is 436 g/mol. The van der Waals surface area contributed by atoms with E-state index in [2.05, 4.69) is 0 Å². The smallest absolute Gasteiger partial charge is 0.247 e. The maximum atomic E-state index is 13.4. The van der Waals surface area contributed by atoms with Crippen LogP contribution in [0.5, 0.6) is 17.2 Å². The zero-order chi connectivity index (χ0) is 22.1. The molecule has 0 bridgehead atoms. The van der Waals surface area contributed by atoms with E-state index in [9.17, 15) is 9.90 Å². The number of nitrogens with zero attached hydrogens (tertiary/aromatic N) is 1. The van der Waals surface area contributed by atoms with Crippen molar-refractivity contribution >= 4 is 12.0 Å². The van der Waals surface area contributed by atoms with Crippen LogP contribution in [0.2, 0.25) is 0 Å². The number of likely N-dealkylation sites (tertiary alicyclic amines) is 1. The fourth-order valence-corrected chi connectivity index (χ4v) is 5.42. The molecule has 2 aliphatic heterocycles. The van der Waals surface area contributed by atoms with Gasteiger partial charge in [-0.3, -0.25) is 4.79 Å². The number of ether oxygens (including phenoxy) is 3. The molecule has 168 valence electrons. The summed E-state index contributed by atoms with van der Waals surface area (Å²) in [6.07, 6.45) is 7.91. The van der Waals surface area contributed by atoms with Gasteiger partial charge in [-0.05, 0) is 60.7 Å². The standard InChI is InChI=1S/C26H29NO5/c1-30-20-9-7-19(8-10-20)25-21-4-2-3-13-26(21,29)14-15-27(25)24(28)12-6-18-5-11-22-23(16-18)32-17-31-22/h5-12,16,21,25,29H,2-4,13-15,17H2,1H3/t21?,25-,26?/m0/s1. The second-order valence-corrected chi connectivity index (χ2v) is 8.90. The lowest BCUT2D eigenvalue weighted by atomic mass is 9.66. The Labute approximate surface area is 188 Å². The minimum Gasteiger partial charge on any atom is -0.497 e. The lowest BCUT2D eigenvalue weighted by Gasteiger charge is -2.52. The highest BCUT2D eigenvalue weighted by Gasteiger charge is 2.49. The van der Waals surface area contributed by atoms with Gasteiger partial charge >= 0.3 is 0 Å². The van der Waals surface area contributed by atoms with Crippen molar-refractivity contribution in [1.29, 1.82) is 0 Å². The Hall–Kier alpha value is -2.99. The van der Waals surface area contributed by atoms with Crippen LogP contribution in [0.4, 0.5) is 0 Å². The van der Waals surface area contributed by atoms with Crippen LogP contribution in [0.3, 0.4) is 0 Å². The Balaban J connectivity index is 1.43. The second kappa shape index (κ2) is 8.51. The average Bonchev–Trinajstić information content (AvgIpc) is 3.29. The molecule has 1 saturated carbocycles. The van der Waals surface area contributed by atoms with Crippen molar-refractivity contribution < 1.29 is 24.1 Å². The van der Waals surface area contributed by atoms with Gasteiger partial charge in [0, 0.05) is 18.5 Å². The number of hydrogen-bond acceptors (Lipinski definition) is 5. The van der Waals surface area contributed by atoms with Crippen LogP contribution >= 0.6 is 0 Å². The van der Waals surface area contributed by atoms with Crippen LogP contribution in [0.15, 0.2) is 48.5 Å². The largest absolute Gasteiger partial charge is 0.497 e. The first kappa shape index (κ1) is 20.9. The molecule has 6 nitrogen and oxygen atoms in total. The lowest BCUT2D eigenvalue weighted by Crippen LogP contribution is -2.56. The van der Waals surface area contributed by atoms with Crippen molar-refractivity contribution in [1.82, 2.24) is 4.90 Å². The quantitative estimate of drug-likeness (QED) is 0.724. The highest BCUT2D eigenvalue weighted by Crippen LogP contribution is 2.49. The molecular weight excluding hydrogens is 406 g/mol. The first-order valence-electron chi connectivity index (χ1n) is 11.3. The fourth-order valence-electron chi connectivity index (χ4n) is 5.42. The lowest BCUT2D eigenvalue weighted by molar-refractivity contribution is -0.150. The molecule has 3 aliphatic rings. The maximum absolute atomic E-state index is 13.4. The van der Waals surface area contributed by atoms with Crippen molar-refractivity contribution in [3.63, 3.8) is 0 Å². The predicted octanol–water partition coefficient (Wildman–Crippen LogP) is 4.33. The van der Waals surface area contributed by atoms with Gasteiger partial charge < -0.3 is 24.2 Å². The number of hydrogen-bond donors (Lipinski definition) is 1. The van der Waals surface area contributed by atoms with E-state index < -0.39 is 5.60 Å². The Morgan fingerprint density at radius 3 is 2.75 bits per heavy atom. The Kier molecular flexibility index (Phi) is 5.55. The molecule has 32 heavy (non-hydrogen) atoms. The van der Waals surface area contributed by atoms with Gasteiger partial charge in [-0.1, -0.05) is 31.0 Å². The van der Waals surface area contributed by atoms with Gasteiger partial charge in [-0.25, -0.2) is 0 Å². The van der Waals surface area contributed by atoms with Crippen LogP contribution in [-0.2, 0) is 4.79 Å². The number of methoxy groups -OCH3 is 1. The summed E-state index contributed by atoms with van der Waals surface area (Å²) in [7, 11) is 1.65. The van der Waals surface area contributed by atoms with E-state index in [0.29, 0.717) is 18.7 Å². The molecule has 2 unspecified atom stereocenters. The Morgan fingerprint density at radius 1 is 1.12 bits per heavy atom. The highest BCUT2D eigenvalue weighted by atomic mass is 16.7. The summed E-state index contributed by atoms with van der Waals surface area (Å²) in [6, 6.07) is 13.4. The van der Waals surface area contributed by atoms with Crippen molar-refractivity contribution in [2.45, 2.75) is 43.7 Å². The summed E-state index contributed by atoms with van der Waals surface area (Å²) < 4.78 is 16.1. The molecule has 2 aromatic carbocycles. The van der Waals surface area contributed by atoms with Gasteiger partial charge in [-0.15, -0.1) is 0 Å². The third-order valence-electron chi connectivity index (χ3n) is 7.12. The topological polar surface area (TPSA) is 68.2 Å². The zero-order valence-corrected chi connectivity index (χ0v) is 18.3. The molecule has 1 saturated heterocycles. The number of amides is 1. The third kappa shape index (κ3) is 3.84. The van der Waals surface area contributed by atoms with E-state index in [1.807, 2.05) is 53.4 Å². The number of rotatable bonds is 4. The van der Waals surface area contributed by atoms with Gasteiger partial charge in [0.1, 0.15) is 5.75 Å². The summed E-state index contributed by atoms with van der Waals surface area (Å²) in [5.41, 5.74) is 1.22. The van der Waals surface area contributed by atoms with Crippen LogP contribution < -0.4 is 14.2 Å². The molecule has 1 N–H and O–H groups in total. The normalized spacial score (nSPS) is 26.8. The molecule has 2 aromatic rings. The Bertz CT molecular complexity index is 1020. The number of benzene rings is 2. The molecule has 0 spiro atoms. The second-order valence-electron chi connectivity index (χ2n) is 8.90. The van der Waals surface area contributed by atoms with E-state index in [1.54, 1.807) is 13.2 Å². The van der Waals surface area contributed by atoms with E-state index in [-0.39, 0.29) is 24.7 Å². The molecule has 0 aromatic heterocycles. The molecule has 2 fully saturated rings. The summed E-state index contributed by atoms with van der Waals surface area (Å²) >= 11 is 0. The van der Waals surface area contributed by atoms with Gasteiger partial charge in [0.2, 0.25) is 12.7 Å². The summed E-state index contributed by atoms with van der Waals surface area (Å²) in [6.45, 7) is 0.761. The van der Waals surface area contributed by atoms with Crippen LogP contribution in [0.25, 0.3) is 6.08 Å². The van der Waals surface area contributed by atoms with Crippen molar-refractivity contribution in [2.75, 3.05) is 20.4 Å². The van der Waals surface area contributed by atoms with Gasteiger partial charge in [0.25, 0.3) is 0 Å². The van der Waals surface area contributed by atoms with Gasteiger partial charge in [0.15, 0.2) is 11.5 Å². The van der Waals surface area contributed by atoms with Crippen molar-refractivity contribution in [3.8, 4) is 17.2 Å². The molecular formula is C26H29NO5. The van der Waals surface area contributed by atoms with Gasteiger partial charge in [0.05, 0.1) is 18.8 Å². The minimum absolute atomic E-state index is 0.0290. The van der Waals surface area contributed by atoms with E-state index in [4.69, 9.17) is 14.2 Å². The number of carbonyl (C=O) groups is 1. The molecule has 1 aliphatic carbocycles. The number of aliphatic hydroxyl groups is 1. The molecule has 0 radical (unpaired) electrons. The SMILES string of the molecule is COc1ccc([C@H]2C3CCCCC3(O)CCN2C(=O)C=Cc2ccc3c(c2)OCO3)cc1. The zero-order valence-electron chi connectivity index (χ0n) is 18.3. The molecule has 5 rings (SSSR count). The van der Waals surface area contributed by atoms with Crippen molar-refractivity contribution in [2.24, 2.45) is 5.92 Å². The summed E-state index contributed by atoms with van der Waals surface area (Å²) in [5.74, 6) is 2.18. The summed E-state index contributed by atoms with van der Waals surface area (Å²) in [5, 5.41) is 11.4. The number of carbonyl (C=O) groups excluding carboxylic acids is 1. The van der Waals surface area contributed by atoms with Crippen LogP contribution in [-0.4, -0.2) is 42.0 Å². The first-order chi connectivity index (χ1) is 15.6. The third-order valence-corrected chi connectivity index (χ3v) is 7.12. The molecule has 1 amide bonds. The molecule has 3 atom stereocenters. The maximum Gasteiger partial charge on any atom is 0.247 e.